The standard InChI is InChI=1S/C20H22ClNO5/c1-13(2)27-17-7-3-14(4-8-17)18(11-20(24)25)22-19(23)12-26-16-9-5-15(21)6-10-16/h3-10,13,18H,11-12H2,1-2H3,(H,22,23)(H,24,25)/p-1/t18-/m0/s1. The zero-order chi connectivity index (χ0) is 19.8. The zero-order valence-corrected chi connectivity index (χ0v) is 15.9. The maximum atomic E-state index is 12.2. The van der Waals surface area contributed by atoms with Gasteiger partial charge in [-0.25, -0.2) is 0 Å². The first-order valence-corrected chi connectivity index (χ1v) is 8.85. The van der Waals surface area contributed by atoms with Crippen LogP contribution in [0, 0.1) is 0 Å². The number of ether oxygens (including phenoxy) is 2. The van der Waals surface area contributed by atoms with E-state index in [1.54, 1.807) is 48.5 Å². The Hall–Kier alpha value is -2.73. The van der Waals surface area contributed by atoms with Gasteiger partial charge in [0.25, 0.3) is 5.91 Å². The van der Waals surface area contributed by atoms with Crippen molar-refractivity contribution in [3.05, 3.63) is 59.1 Å². The van der Waals surface area contributed by atoms with Crippen molar-refractivity contribution >= 4 is 23.5 Å². The summed E-state index contributed by atoms with van der Waals surface area (Å²) in [6, 6.07) is 12.7. The van der Waals surface area contributed by atoms with E-state index < -0.39 is 17.9 Å². The van der Waals surface area contributed by atoms with Gasteiger partial charge in [-0.05, 0) is 55.8 Å². The predicted octanol–water partition coefficient (Wildman–Crippen LogP) is 2.50. The molecule has 0 bridgehead atoms. The third kappa shape index (κ3) is 7.19. The summed E-state index contributed by atoms with van der Waals surface area (Å²) in [6.45, 7) is 3.57. The normalized spacial score (nSPS) is 11.7. The van der Waals surface area contributed by atoms with Crippen molar-refractivity contribution in [2.75, 3.05) is 6.61 Å². The van der Waals surface area contributed by atoms with E-state index in [-0.39, 0.29) is 19.1 Å². The Balaban J connectivity index is 1.99. The molecular formula is C20H21ClNO5-. The Morgan fingerprint density at radius 2 is 1.63 bits per heavy atom. The molecule has 0 spiro atoms. The Bertz CT molecular complexity index is 759. The summed E-state index contributed by atoms with van der Waals surface area (Å²) in [4.78, 5) is 23.2. The molecule has 0 heterocycles. The van der Waals surface area contributed by atoms with E-state index in [0.29, 0.717) is 22.1 Å². The average Bonchev–Trinajstić information content (AvgIpc) is 2.60. The van der Waals surface area contributed by atoms with Crippen LogP contribution in [0.15, 0.2) is 48.5 Å². The van der Waals surface area contributed by atoms with Crippen molar-refractivity contribution in [3.8, 4) is 11.5 Å². The van der Waals surface area contributed by atoms with Crippen LogP contribution in [0.25, 0.3) is 0 Å². The first-order valence-electron chi connectivity index (χ1n) is 8.47. The molecule has 2 aromatic rings. The topological polar surface area (TPSA) is 87.7 Å². The monoisotopic (exact) mass is 390 g/mol. The van der Waals surface area contributed by atoms with Crippen LogP contribution in [0.2, 0.25) is 5.02 Å². The van der Waals surface area contributed by atoms with Crippen molar-refractivity contribution in [1.82, 2.24) is 5.32 Å². The molecule has 0 fully saturated rings. The summed E-state index contributed by atoms with van der Waals surface area (Å²) >= 11 is 5.79. The third-order valence-electron chi connectivity index (χ3n) is 3.54. The fourth-order valence-corrected chi connectivity index (χ4v) is 2.51. The SMILES string of the molecule is CC(C)Oc1ccc([C@H](CC(=O)[O-])NC(=O)COc2ccc(Cl)cc2)cc1. The number of halogens is 1. The van der Waals surface area contributed by atoms with Crippen LogP contribution in [0.5, 0.6) is 11.5 Å². The second-order valence-corrected chi connectivity index (χ2v) is 6.61. The van der Waals surface area contributed by atoms with Crippen LogP contribution >= 0.6 is 11.6 Å². The summed E-state index contributed by atoms with van der Waals surface area (Å²) < 4.78 is 10.9. The molecule has 0 aromatic heterocycles. The first-order chi connectivity index (χ1) is 12.8. The molecule has 0 saturated heterocycles. The molecular weight excluding hydrogens is 370 g/mol. The number of benzene rings is 2. The Morgan fingerprint density at radius 1 is 1.04 bits per heavy atom. The van der Waals surface area contributed by atoms with E-state index in [2.05, 4.69) is 5.32 Å². The van der Waals surface area contributed by atoms with E-state index in [9.17, 15) is 14.7 Å². The Labute approximate surface area is 163 Å². The Morgan fingerprint density at radius 3 is 2.19 bits per heavy atom. The fraction of sp³-hybridized carbons (Fsp3) is 0.300. The van der Waals surface area contributed by atoms with Gasteiger partial charge in [0.2, 0.25) is 0 Å². The highest BCUT2D eigenvalue weighted by Gasteiger charge is 2.16. The number of hydrogen-bond donors (Lipinski definition) is 1. The number of rotatable bonds is 9. The summed E-state index contributed by atoms with van der Waals surface area (Å²) in [5.74, 6) is -0.556. The molecule has 144 valence electrons. The Kier molecular flexibility index (Phi) is 7.49. The maximum Gasteiger partial charge on any atom is 0.258 e. The highest BCUT2D eigenvalue weighted by atomic mass is 35.5. The number of amides is 1. The number of carbonyl (C=O) groups is 2. The van der Waals surface area contributed by atoms with Gasteiger partial charge in [-0.2, -0.15) is 0 Å². The second-order valence-electron chi connectivity index (χ2n) is 6.17. The predicted molar refractivity (Wildman–Crippen MR) is 99.7 cm³/mol. The van der Waals surface area contributed by atoms with Crippen molar-refractivity contribution in [1.29, 1.82) is 0 Å². The maximum absolute atomic E-state index is 12.2. The smallest absolute Gasteiger partial charge is 0.258 e. The van der Waals surface area contributed by atoms with Crippen molar-refractivity contribution < 1.29 is 24.2 Å². The number of aliphatic carboxylic acids is 1. The number of nitrogens with one attached hydrogen (secondary N) is 1. The highest BCUT2D eigenvalue weighted by Crippen LogP contribution is 2.21. The van der Waals surface area contributed by atoms with Crippen molar-refractivity contribution in [2.45, 2.75) is 32.4 Å². The van der Waals surface area contributed by atoms with Gasteiger partial charge in [0.15, 0.2) is 6.61 Å². The van der Waals surface area contributed by atoms with E-state index >= 15 is 0 Å². The quantitative estimate of drug-likeness (QED) is 0.710. The lowest BCUT2D eigenvalue weighted by atomic mass is 10.0. The number of carboxylic acids is 1. The zero-order valence-electron chi connectivity index (χ0n) is 15.1. The molecule has 2 rings (SSSR count). The van der Waals surface area contributed by atoms with E-state index in [1.807, 2.05) is 13.8 Å². The van der Waals surface area contributed by atoms with Crippen molar-refractivity contribution in [2.24, 2.45) is 0 Å². The molecule has 1 atom stereocenters. The lowest BCUT2D eigenvalue weighted by Gasteiger charge is -2.20. The van der Waals surface area contributed by atoms with E-state index in [1.165, 1.54) is 0 Å². The highest BCUT2D eigenvalue weighted by molar-refractivity contribution is 6.30. The largest absolute Gasteiger partial charge is 0.550 e. The van der Waals surface area contributed by atoms with Gasteiger partial charge in [0.1, 0.15) is 11.5 Å². The molecule has 0 saturated carbocycles. The van der Waals surface area contributed by atoms with Crippen LogP contribution in [-0.4, -0.2) is 24.6 Å². The third-order valence-corrected chi connectivity index (χ3v) is 3.80. The second kappa shape index (κ2) is 9.83. The first kappa shape index (κ1) is 20.6. The van der Waals surface area contributed by atoms with Gasteiger partial charge in [0, 0.05) is 17.4 Å². The minimum absolute atomic E-state index is 0.0274. The molecule has 0 unspecified atom stereocenters. The molecule has 27 heavy (non-hydrogen) atoms. The lowest BCUT2D eigenvalue weighted by molar-refractivity contribution is -0.306. The molecule has 0 aliphatic carbocycles. The van der Waals surface area contributed by atoms with Crippen LogP contribution in [-0.2, 0) is 9.59 Å². The number of carbonyl (C=O) groups excluding carboxylic acids is 2. The van der Waals surface area contributed by atoms with Gasteiger partial charge in [0.05, 0.1) is 12.1 Å². The lowest BCUT2D eigenvalue weighted by Crippen LogP contribution is -2.36. The number of hydrogen-bond acceptors (Lipinski definition) is 5. The molecule has 0 aliphatic rings. The van der Waals surface area contributed by atoms with Crippen LogP contribution < -0.4 is 19.9 Å². The molecule has 1 N–H and O–H groups in total. The molecule has 7 heteroatoms. The van der Waals surface area contributed by atoms with Gasteiger partial charge >= 0.3 is 0 Å². The molecule has 6 nitrogen and oxygen atoms in total. The summed E-state index contributed by atoms with van der Waals surface area (Å²) in [7, 11) is 0. The minimum atomic E-state index is -1.26. The van der Waals surface area contributed by atoms with E-state index in [0.717, 1.165) is 0 Å². The van der Waals surface area contributed by atoms with E-state index in [4.69, 9.17) is 21.1 Å². The van der Waals surface area contributed by atoms with Crippen LogP contribution in [0.4, 0.5) is 0 Å². The average molecular weight is 391 g/mol. The summed E-state index contributed by atoms with van der Waals surface area (Å²) in [5, 5.41) is 14.3. The van der Waals surface area contributed by atoms with Crippen LogP contribution in [0.3, 0.4) is 0 Å². The molecule has 1 amide bonds. The van der Waals surface area contributed by atoms with Crippen molar-refractivity contribution in [3.63, 3.8) is 0 Å². The van der Waals surface area contributed by atoms with Crippen LogP contribution in [0.1, 0.15) is 31.9 Å². The van der Waals surface area contributed by atoms with Gasteiger partial charge in [-0.15, -0.1) is 0 Å². The van der Waals surface area contributed by atoms with Gasteiger partial charge < -0.3 is 24.7 Å². The summed E-state index contributed by atoms with van der Waals surface area (Å²) in [5.41, 5.74) is 0.634. The fourth-order valence-electron chi connectivity index (χ4n) is 2.39. The number of carboxylic acid groups (broad SMARTS) is 1. The molecule has 2 aromatic carbocycles. The molecule has 0 radical (unpaired) electrons. The van der Waals surface area contributed by atoms with Gasteiger partial charge in [-0.3, -0.25) is 4.79 Å². The van der Waals surface area contributed by atoms with Gasteiger partial charge in [-0.1, -0.05) is 23.7 Å². The minimum Gasteiger partial charge on any atom is -0.550 e. The molecule has 0 aliphatic heterocycles. The summed E-state index contributed by atoms with van der Waals surface area (Å²) in [6.07, 6.45) is -0.323.